The smallest absolute Gasteiger partial charge is 0.299 e. The monoisotopic (exact) mass is 152 g/mol. The Hall–Kier alpha value is -1.12. The lowest BCUT2D eigenvalue weighted by Crippen LogP contribution is -2.23. The number of nitrogens with zero attached hydrogens (tertiary/aromatic N) is 2. The van der Waals surface area contributed by atoms with Crippen LogP contribution in [0.1, 0.15) is 18.2 Å². The summed E-state index contributed by atoms with van der Waals surface area (Å²) in [5, 5.41) is 0. The molecule has 3 heteroatoms. The fraction of sp³-hybridized carbons (Fsp3) is 0.500. The highest BCUT2D eigenvalue weighted by Crippen LogP contribution is 2.01. The Morgan fingerprint density at radius 3 is 2.73 bits per heavy atom. The fourth-order valence-corrected chi connectivity index (χ4v) is 1.21. The van der Waals surface area contributed by atoms with Gasteiger partial charge in [0.1, 0.15) is 0 Å². The summed E-state index contributed by atoms with van der Waals surface area (Å²) >= 11 is 0. The zero-order chi connectivity index (χ0) is 8.43. The molecular weight excluding hydrogens is 140 g/mol. The molecule has 1 aromatic rings. The van der Waals surface area contributed by atoms with Crippen LogP contribution in [0.3, 0.4) is 0 Å². The second-order valence-corrected chi connectivity index (χ2v) is 2.58. The van der Waals surface area contributed by atoms with Crippen molar-refractivity contribution >= 4 is 0 Å². The first-order valence-electron chi connectivity index (χ1n) is 3.68. The van der Waals surface area contributed by atoms with Gasteiger partial charge in [0.15, 0.2) is 0 Å². The van der Waals surface area contributed by atoms with E-state index >= 15 is 0 Å². The van der Waals surface area contributed by atoms with Gasteiger partial charge >= 0.3 is 5.69 Å². The molecule has 0 radical (unpaired) electrons. The molecule has 3 nitrogen and oxygen atoms in total. The summed E-state index contributed by atoms with van der Waals surface area (Å²) in [4.78, 5) is 14.7. The standard InChI is InChI=1S/C8H12N2O/c1-4-7-6(2)5-9-8(11)10(7)3/h5H,4H2,1-3H3. The van der Waals surface area contributed by atoms with E-state index in [0.717, 1.165) is 17.7 Å². The summed E-state index contributed by atoms with van der Waals surface area (Å²) in [5.74, 6) is 0. The van der Waals surface area contributed by atoms with Gasteiger partial charge in [0.05, 0.1) is 0 Å². The van der Waals surface area contributed by atoms with Crippen molar-refractivity contribution in [2.24, 2.45) is 7.05 Å². The molecular formula is C8H12N2O. The molecule has 0 aliphatic carbocycles. The summed E-state index contributed by atoms with van der Waals surface area (Å²) < 4.78 is 1.59. The quantitative estimate of drug-likeness (QED) is 0.592. The van der Waals surface area contributed by atoms with Crippen molar-refractivity contribution in [3.63, 3.8) is 0 Å². The zero-order valence-electron chi connectivity index (χ0n) is 7.09. The molecule has 0 aliphatic heterocycles. The molecule has 1 heterocycles. The maximum absolute atomic E-state index is 11.0. The molecule has 1 rings (SSSR count). The fourth-order valence-electron chi connectivity index (χ4n) is 1.21. The van der Waals surface area contributed by atoms with Gasteiger partial charge in [-0.3, -0.25) is 4.57 Å². The molecule has 0 amide bonds. The van der Waals surface area contributed by atoms with E-state index in [0.29, 0.717) is 0 Å². The highest BCUT2D eigenvalue weighted by molar-refractivity contribution is 5.14. The van der Waals surface area contributed by atoms with Crippen LogP contribution in [0.2, 0.25) is 0 Å². The largest absolute Gasteiger partial charge is 0.347 e. The van der Waals surface area contributed by atoms with E-state index in [1.54, 1.807) is 17.8 Å². The average Bonchev–Trinajstić information content (AvgIpc) is 1.99. The van der Waals surface area contributed by atoms with Crippen LogP contribution in [0.15, 0.2) is 11.0 Å². The first-order valence-corrected chi connectivity index (χ1v) is 3.68. The van der Waals surface area contributed by atoms with Gasteiger partial charge in [-0.15, -0.1) is 0 Å². The Balaban J connectivity index is 3.41. The van der Waals surface area contributed by atoms with Crippen LogP contribution in [-0.2, 0) is 13.5 Å². The second-order valence-electron chi connectivity index (χ2n) is 2.58. The summed E-state index contributed by atoms with van der Waals surface area (Å²) in [6.07, 6.45) is 2.50. The summed E-state index contributed by atoms with van der Waals surface area (Å²) in [5.41, 5.74) is 1.96. The van der Waals surface area contributed by atoms with Gasteiger partial charge in [-0.2, -0.15) is 0 Å². The van der Waals surface area contributed by atoms with Crippen molar-refractivity contribution in [3.05, 3.63) is 27.9 Å². The van der Waals surface area contributed by atoms with Gasteiger partial charge in [-0.1, -0.05) is 6.92 Å². The number of hydrogen-bond acceptors (Lipinski definition) is 2. The van der Waals surface area contributed by atoms with E-state index in [1.165, 1.54) is 0 Å². The lowest BCUT2D eigenvalue weighted by molar-refractivity contribution is 0.735. The maximum atomic E-state index is 11.0. The number of rotatable bonds is 1. The number of hydrogen-bond donors (Lipinski definition) is 0. The first-order chi connectivity index (χ1) is 5.16. The molecule has 0 unspecified atom stereocenters. The Bertz CT molecular complexity index is 314. The Morgan fingerprint density at radius 2 is 2.27 bits per heavy atom. The van der Waals surface area contributed by atoms with E-state index in [-0.39, 0.29) is 5.69 Å². The van der Waals surface area contributed by atoms with E-state index in [2.05, 4.69) is 4.98 Å². The Morgan fingerprint density at radius 1 is 1.64 bits per heavy atom. The minimum atomic E-state index is -0.174. The molecule has 0 N–H and O–H groups in total. The van der Waals surface area contributed by atoms with Crippen LogP contribution >= 0.6 is 0 Å². The molecule has 0 saturated carbocycles. The zero-order valence-corrected chi connectivity index (χ0v) is 7.09. The van der Waals surface area contributed by atoms with Gasteiger partial charge in [-0.25, -0.2) is 9.78 Å². The summed E-state index contributed by atoms with van der Waals surface area (Å²) in [7, 11) is 1.75. The van der Waals surface area contributed by atoms with Crippen molar-refractivity contribution in [1.82, 2.24) is 9.55 Å². The molecule has 11 heavy (non-hydrogen) atoms. The molecule has 0 saturated heterocycles. The maximum Gasteiger partial charge on any atom is 0.347 e. The third-order valence-corrected chi connectivity index (χ3v) is 1.85. The molecule has 1 aromatic heterocycles. The van der Waals surface area contributed by atoms with Gasteiger partial charge in [0.25, 0.3) is 0 Å². The van der Waals surface area contributed by atoms with Gasteiger partial charge in [-0.05, 0) is 18.9 Å². The van der Waals surface area contributed by atoms with Crippen LogP contribution < -0.4 is 5.69 Å². The number of aromatic nitrogens is 2. The van der Waals surface area contributed by atoms with Crippen LogP contribution in [0.4, 0.5) is 0 Å². The normalized spacial score (nSPS) is 10.1. The third kappa shape index (κ3) is 1.31. The lowest BCUT2D eigenvalue weighted by Gasteiger charge is -2.06. The highest BCUT2D eigenvalue weighted by Gasteiger charge is 2.00. The molecule has 0 aliphatic rings. The first kappa shape index (κ1) is 7.98. The van der Waals surface area contributed by atoms with E-state index in [1.807, 2.05) is 13.8 Å². The molecule has 0 bridgehead atoms. The van der Waals surface area contributed by atoms with Crippen molar-refractivity contribution in [2.75, 3.05) is 0 Å². The highest BCUT2D eigenvalue weighted by atomic mass is 16.1. The van der Waals surface area contributed by atoms with Crippen molar-refractivity contribution in [3.8, 4) is 0 Å². The Kier molecular flexibility index (Phi) is 2.08. The number of aryl methyl sites for hydroxylation is 1. The molecule has 0 aromatic carbocycles. The van der Waals surface area contributed by atoms with E-state index in [4.69, 9.17) is 0 Å². The van der Waals surface area contributed by atoms with Gasteiger partial charge in [0.2, 0.25) is 0 Å². The van der Waals surface area contributed by atoms with Crippen LogP contribution in [0.25, 0.3) is 0 Å². The molecule has 0 fully saturated rings. The molecule has 0 spiro atoms. The van der Waals surface area contributed by atoms with Crippen molar-refractivity contribution < 1.29 is 0 Å². The third-order valence-electron chi connectivity index (χ3n) is 1.85. The second kappa shape index (κ2) is 2.86. The van der Waals surface area contributed by atoms with Crippen LogP contribution in [0, 0.1) is 6.92 Å². The van der Waals surface area contributed by atoms with E-state index in [9.17, 15) is 4.79 Å². The van der Waals surface area contributed by atoms with Crippen LogP contribution in [-0.4, -0.2) is 9.55 Å². The predicted octanol–water partition coefficient (Wildman–Crippen LogP) is 0.651. The minimum absolute atomic E-state index is 0.174. The summed E-state index contributed by atoms with van der Waals surface area (Å²) in [6, 6.07) is 0. The van der Waals surface area contributed by atoms with Crippen molar-refractivity contribution in [1.29, 1.82) is 0 Å². The van der Waals surface area contributed by atoms with Crippen molar-refractivity contribution in [2.45, 2.75) is 20.3 Å². The average molecular weight is 152 g/mol. The van der Waals surface area contributed by atoms with Gasteiger partial charge < -0.3 is 0 Å². The minimum Gasteiger partial charge on any atom is -0.299 e. The topological polar surface area (TPSA) is 34.9 Å². The molecule has 60 valence electrons. The predicted molar refractivity (Wildman–Crippen MR) is 43.6 cm³/mol. The lowest BCUT2D eigenvalue weighted by atomic mass is 10.2. The van der Waals surface area contributed by atoms with Crippen LogP contribution in [0.5, 0.6) is 0 Å². The molecule has 0 atom stereocenters. The SMILES string of the molecule is CCc1c(C)cnc(=O)n1C. The van der Waals surface area contributed by atoms with E-state index < -0.39 is 0 Å². The summed E-state index contributed by atoms with van der Waals surface area (Å²) in [6.45, 7) is 3.99. The Labute approximate surface area is 65.7 Å². The van der Waals surface area contributed by atoms with Gasteiger partial charge in [0, 0.05) is 18.9 Å².